The number of carbonyl (C=O) groups excluding carboxylic acids is 2. The quantitative estimate of drug-likeness (QED) is 0.780. The Balaban J connectivity index is 0.00000280. The van der Waals surface area contributed by atoms with Gasteiger partial charge < -0.3 is 20.7 Å². The van der Waals surface area contributed by atoms with Crippen molar-refractivity contribution in [2.24, 2.45) is 17.6 Å². The molecule has 2 amide bonds. The minimum Gasteiger partial charge on any atom is -0.373 e. The number of hydrogen-bond acceptors (Lipinski definition) is 4. The van der Waals surface area contributed by atoms with Crippen molar-refractivity contribution < 1.29 is 14.3 Å². The number of hydrogen-bond donors (Lipinski definition) is 2. The maximum absolute atomic E-state index is 13.3. The molecule has 2 aliphatic heterocycles. The van der Waals surface area contributed by atoms with Crippen LogP contribution in [0.1, 0.15) is 42.9 Å². The van der Waals surface area contributed by atoms with Gasteiger partial charge in [-0.2, -0.15) is 0 Å². The maximum Gasteiger partial charge on any atom is 0.228 e. The lowest BCUT2D eigenvalue weighted by atomic mass is 9.87. The monoisotopic (exact) mass is 409 g/mol. The summed E-state index contributed by atoms with van der Waals surface area (Å²) in [4.78, 5) is 27.4. The number of benzene rings is 1. The Morgan fingerprint density at radius 1 is 1.21 bits per heavy atom. The van der Waals surface area contributed by atoms with Gasteiger partial charge in [-0.15, -0.1) is 12.4 Å². The topological polar surface area (TPSA) is 84.7 Å². The van der Waals surface area contributed by atoms with Gasteiger partial charge in [0.15, 0.2) is 0 Å². The summed E-state index contributed by atoms with van der Waals surface area (Å²) in [6.45, 7) is 4.86. The van der Waals surface area contributed by atoms with Crippen molar-refractivity contribution in [3.8, 4) is 0 Å². The van der Waals surface area contributed by atoms with Gasteiger partial charge in [-0.25, -0.2) is 0 Å². The third kappa shape index (κ3) is 5.46. The molecule has 1 aromatic rings. The van der Waals surface area contributed by atoms with E-state index in [1.54, 1.807) is 0 Å². The van der Waals surface area contributed by atoms with Gasteiger partial charge >= 0.3 is 0 Å². The van der Waals surface area contributed by atoms with Crippen LogP contribution in [0.15, 0.2) is 24.3 Å². The molecule has 2 fully saturated rings. The second-order valence-corrected chi connectivity index (χ2v) is 7.65. The molecular weight excluding hydrogens is 378 g/mol. The zero-order valence-corrected chi connectivity index (χ0v) is 17.4. The first-order valence-electron chi connectivity index (χ1n) is 10.0. The Kier molecular flexibility index (Phi) is 8.73. The van der Waals surface area contributed by atoms with Crippen molar-refractivity contribution in [3.63, 3.8) is 0 Å². The summed E-state index contributed by atoms with van der Waals surface area (Å²) in [6.07, 6.45) is 3.21. The summed E-state index contributed by atoms with van der Waals surface area (Å²) >= 11 is 0. The summed E-state index contributed by atoms with van der Waals surface area (Å²) < 4.78 is 6.02. The lowest BCUT2D eigenvalue weighted by Gasteiger charge is -2.38. The van der Waals surface area contributed by atoms with Crippen LogP contribution in [-0.2, 0) is 14.3 Å². The van der Waals surface area contributed by atoms with E-state index >= 15 is 0 Å². The number of nitrogens with two attached hydrogens (primary N) is 1. The lowest BCUT2D eigenvalue weighted by molar-refractivity contribution is -0.148. The van der Waals surface area contributed by atoms with E-state index in [0.29, 0.717) is 26.2 Å². The predicted octanol–water partition coefficient (Wildman–Crippen LogP) is 2.20. The van der Waals surface area contributed by atoms with E-state index in [0.717, 1.165) is 37.8 Å². The normalized spacial score (nSPS) is 24.9. The molecule has 0 spiro atoms. The van der Waals surface area contributed by atoms with Gasteiger partial charge in [-0.1, -0.05) is 29.8 Å². The third-order valence-corrected chi connectivity index (χ3v) is 5.59. The number of halogens is 1. The first kappa shape index (κ1) is 22.7. The average Bonchev–Trinajstić information content (AvgIpc) is 2.72. The molecule has 3 atom stereocenters. The van der Waals surface area contributed by atoms with Crippen LogP contribution in [0.4, 0.5) is 0 Å². The first-order valence-corrected chi connectivity index (χ1v) is 10.0. The molecule has 0 radical (unpaired) electrons. The summed E-state index contributed by atoms with van der Waals surface area (Å²) in [7, 11) is 0. The zero-order valence-electron chi connectivity index (χ0n) is 16.6. The van der Waals surface area contributed by atoms with Crippen LogP contribution in [0, 0.1) is 18.8 Å². The second kappa shape index (κ2) is 10.8. The molecule has 7 heteroatoms. The Labute approximate surface area is 173 Å². The lowest BCUT2D eigenvalue weighted by Crippen LogP contribution is -2.49. The largest absolute Gasteiger partial charge is 0.373 e. The molecule has 1 aromatic carbocycles. The maximum atomic E-state index is 13.3. The van der Waals surface area contributed by atoms with Gasteiger partial charge in [0.25, 0.3) is 0 Å². The Hall–Kier alpha value is -1.63. The highest BCUT2D eigenvalue weighted by Crippen LogP contribution is 2.36. The van der Waals surface area contributed by atoms with Crippen molar-refractivity contribution in [1.29, 1.82) is 0 Å². The molecular formula is C21H32ClN3O3. The standard InChI is InChI=1S/C21H31N3O3.ClH/c1-15-6-8-16(9-7-15)19-18(5-3-13-27-19)21(26)24-12-2-4-17(14-24)20(25)23-11-10-22;/h6-9,17-19H,2-5,10-14,22H2,1H3,(H,23,25);1H. The van der Waals surface area contributed by atoms with Crippen molar-refractivity contribution in [2.45, 2.75) is 38.7 Å². The molecule has 0 bridgehead atoms. The van der Waals surface area contributed by atoms with Gasteiger partial charge in [-0.3, -0.25) is 9.59 Å². The Morgan fingerprint density at radius 3 is 2.68 bits per heavy atom. The molecule has 2 saturated heterocycles. The van der Waals surface area contributed by atoms with Gasteiger partial charge in [0, 0.05) is 32.8 Å². The minimum atomic E-state index is -0.196. The Morgan fingerprint density at radius 2 is 1.96 bits per heavy atom. The number of ether oxygens (including phenoxy) is 1. The minimum absolute atomic E-state index is 0. The molecule has 2 heterocycles. The fourth-order valence-electron chi connectivity index (χ4n) is 4.08. The van der Waals surface area contributed by atoms with Crippen LogP contribution in [0.5, 0.6) is 0 Å². The SMILES string of the molecule is Cc1ccc(C2OCCCC2C(=O)N2CCCC(C(=O)NCCN)C2)cc1.Cl. The molecule has 3 unspecified atom stereocenters. The van der Waals surface area contributed by atoms with Crippen molar-refractivity contribution in [1.82, 2.24) is 10.2 Å². The number of carbonyl (C=O) groups is 2. The smallest absolute Gasteiger partial charge is 0.228 e. The summed E-state index contributed by atoms with van der Waals surface area (Å²) in [6, 6.07) is 8.25. The number of nitrogens with zero attached hydrogens (tertiary/aromatic N) is 1. The van der Waals surface area contributed by atoms with Gasteiger partial charge in [0.1, 0.15) is 0 Å². The number of aryl methyl sites for hydroxylation is 1. The molecule has 0 saturated carbocycles. The highest BCUT2D eigenvalue weighted by Gasteiger charge is 2.38. The molecule has 156 valence electrons. The zero-order chi connectivity index (χ0) is 19.2. The highest BCUT2D eigenvalue weighted by molar-refractivity contribution is 5.85. The van der Waals surface area contributed by atoms with E-state index in [9.17, 15) is 9.59 Å². The van der Waals surface area contributed by atoms with E-state index in [2.05, 4.69) is 36.5 Å². The summed E-state index contributed by atoms with van der Waals surface area (Å²) in [5, 5.41) is 2.85. The van der Waals surface area contributed by atoms with Crippen molar-refractivity contribution >= 4 is 24.2 Å². The Bertz CT molecular complexity index is 653. The second-order valence-electron chi connectivity index (χ2n) is 7.65. The molecule has 3 N–H and O–H groups in total. The average molecular weight is 410 g/mol. The van der Waals surface area contributed by atoms with Gasteiger partial charge in [0.05, 0.1) is 17.9 Å². The van der Waals surface area contributed by atoms with Crippen LogP contribution >= 0.6 is 12.4 Å². The number of likely N-dealkylation sites (tertiary alicyclic amines) is 1. The van der Waals surface area contributed by atoms with Gasteiger partial charge in [-0.05, 0) is 38.2 Å². The summed E-state index contributed by atoms with van der Waals surface area (Å²) in [5.41, 5.74) is 7.72. The molecule has 0 aromatic heterocycles. The molecule has 0 aliphatic carbocycles. The van der Waals surface area contributed by atoms with Crippen LogP contribution in [0.3, 0.4) is 0 Å². The number of amides is 2. The van der Waals surface area contributed by atoms with Crippen LogP contribution < -0.4 is 11.1 Å². The fourth-order valence-corrected chi connectivity index (χ4v) is 4.08. The molecule has 28 heavy (non-hydrogen) atoms. The number of piperidine rings is 1. The molecule has 6 nitrogen and oxygen atoms in total. The third-order valence-electron chi connectivity index (χ3n) is 5.59. The summed E-state index contributed by atoms with van der Waals surface area (Å²) in [5.74, 6) is -0.187. The van der Waals surface area contributed by atoms with Crippen LogP contribution in [-0.4, -0.2) is 49.5 Å². The van der Waals surface area contributed by atoms with Crippen molar-refractivity contribution in [2.75, 3.05) is 32.8 Å². The van der Waals surface area contributed by atoms with E-state index in [-0.39, 0.29) is 42.2 Å². The van der Waals surface area contributed by atoms with E-state index in [1.165, 1.54) is 5.56 Å². The predicted molar refractivity (Wildman–Crippen MR) is 111 cm³/mol. The number of nitrogens with one attached hydrogen (secondary N) is 1. The fraction of sp³-hybridized carbons (Fsp3) is 0.619. The van der Waals surface area contributed by atoms with Crippen LogP contribution in [0.2, 0.25) is 0 Å². The van der Waals surface area contributed by atoms with Crippen molar-refractivity contribution in [3.05, 3.63) is 35.4 Å². The van der Waals surface area contributed by atoms with E-state index in [4.69, 9.17) is 10.5 Å². The van der Waals surface area contributed by atoms with E-state index in [1.807, 2.05) is 4.90 Å². The highest BCUT2D eigenvalue weighted by atomic mass is 35.5. The van der Waals surface area contributed by atoms with Crippen LogP contribution in [0.25, 0.3) is 0 Å². The molecule has 2 aliphatic rings. The number of rotatable bonds is 5. The molecule has 3 rings (SSSR count). The van der Waals surface area contributed by atoms with E-state index < -0.39 is 0 Å². The first-order chi connectivity index (χ1) is 13.1. The van der Waals surface area contributed by atoms with Gasteiger partial charge in [0.2, 0.25) is 11.8 Å².